The Morgan fingerprint density at radius 3 is 2.67 bits per heavy atom. The number of aromatic nitrogens is 2. The third-order valence-electron chi connectivity index (χ3n) is 4.05. The van der Waals surface area contributed by atoms with Crippen LogP contribution in [0, 0.1) is 0 Å². The lowest BCUT2D eigenvalue weighted by Gasteiger charge is -2.22. The maximum atomic E-state index is 13.3. The molecule has 0 radical (unpaired) electrons. The molecule has 124 valence electrons. The number of nitrogens with zero attached hydrogens (tertiary/aromatic N) is 1. The molecule has 1 amide bonds. The van der Waals surface area contributed by atoms with E-state index in [-0.39, 0.29) is 11.1 Å². The van der Waals surface area contributed by atoms with Crippen molar-refractivity contribution >= 4 is 16.8 Å². The van der Waals surface area contributed by atoms with Gasteiger partial charge in [0.25, 0.3) is 0 Å². The van der Waals surface area contributed by atoms with Crippen molar-refractivity contribution in [1.82, 2.24) is 10.2 Å². The molecule has 0 saturated heterocycles. The predicted octanol–water partition coefficient (Wildman–Crippen LogP) is 3.99. The summed E-state index contributed by atoms with van der Waals surface area (Å²) in [6.45, 7) is 1.03. The maximum absolute atomic E-state index is 13.3. The molecule has 1 aromatic heterocycles. The Bertz CT molecular complexity index is 915. The molecule has 3 N–H and O–H groups in total. The van der Waals surface area contributed by atoms with Crippen molar-refractivity contribution < 1.29 is 18.0 Å². The number of halogens is 3. The van der Waals surface area contributed by atoms with Crippen molar-refractivity contribution in [1.29, 1.82) is 0 Å². The molecule has 1 heterocycles. The van der Waals surface area contributed by atoms with E-state index >= 15 is 0 Å². The quantitative estimate of drug-likeness (QED) is 0.760. The van der Waals surface area contributed by atoms with Gasteiger partial charge in [0.2, 0.25) is 5.91 Å². The summed E-state index contributed by atoms with van der Waals surface area (Å²) in [7, 11) is 0. The van der Waals surface area contributed by atoms with Gasteiger partial charge in [-0.15, -0.1) is 0 Å². The molecule has 2 aromatic carbocycles. The molecule has 0 aliphatic carbocycles. The highest BCUT2D eigenvalue weighted by Gasteiger charge is 2.40. The van der Waals surface area contributed by atoms with Gasteiger partial charge >= 0.3 is 6.18 Å². The first-order chi connectivity index (χ1) is 11.3. The van der Waals surface area contributed by atoms with Crippen LogP contribution in [0.2, 0.25) is 0 Å². The minimum atomic E-state index is -4.49. The van der Waals surface area contributed by atoms with Gasteiger partial charge in [-0.05, 0) is 35.7 Å². The topological polar surface area (TPSA) is 71.8 Å². The van der Waals surface area contributed by atoms with Gasteiger partial charge < -0.3 is 5.73 Å². The summed E-state index contributed by atoms with van der Waals surface area (Å²) >= 11 is 0. The van der Waals surface area contributed by atoms with E-state index in [2.05, 4.69) is 10.2 Å². The highest BCUT2D eigenvalue weighted by molar-refractivity contribution is 5.97. The van der Waals surface area contributed by atoms with Crippen LogP contribution in [0.5, 0.6) is 0 Å². The Hall–Kier alpha value is -2.83. The normalized spacial score (nSPS) is 13.2. The van der Waals surface area contributed by atoms with E-state index in [9.17, 15) is 18.0 Å². The van der Waals surface area contributed by atoms with Crippen LogP contribution in [-0.2, 0) is 0 Å². The number of hydrogen-bond acceptors (Lipinski definition) is 2. The lowest BCUT2D eigenvalue weighted by molar-refractivity contribution is -0.146. The number of aromatic amines is 1. The van der Waals surface area contributed by atoms with Gasteiger partial charge in [-0.25, -0.2) is 0 Å². The minimum absolute atomic E-state index is 0.114. The summed E-state index contributed by atoms with van der Waals surface area (Å²) in [5.74, 6) is -2.71. The van der Waals surface area contributed by atoms with E-state index in [1.54, 1.807) is 30.5 Å². The molecular formula is C17H14F3N3O. The van der Waals surface area contributed by atoms with Gasteiger partial charge in [0.15, 0.2) is 0 Å². The van der Waals surface area contributed by atoms with Crippen LogP contribution >= 0.6 is 0 Å². The third kappa shape index (κ3) is 2.73. The van der Waals surface area contributed by atoms with Crippen LogP contribution in [0.15, 0.2) is 42.6 Å². The number of carbonyl (C=O) groups is 1. The number of fused-ring (bicyclic) bond motifs is 1. The number of primary amides is 1. The van der Waals surface area contributed by atoms with Gasteiger partial charge in [0, 0.05) is 10.9 Å². The Morgan fingerprint density at radius 2 is 2.00 bits per heavy atom. The zero-order chi connectivity index (χ0) is 17.5. The van der Waals surface area contributed by atoms with Crippen molar-refractivity contribution in [2.24, 2.45) is 5.73 Å². The Labute approximate surface area is 135 Å². The van der Waals surface area contributed by atoms with Crippen LogP contribution < -0.4 is 5.73 Å². The van der Waals surface area contributed by atoms with E-state index in [1.807, 2.05) is 0 Å². The average Bonchev–Trinajstić information content (AvgIpc) is 2.99. The van der Waals surface area contributed by atoms with E-state index in [1.165, 1.54) is 12.1 Å². The Kier molecular flexibility index (Phi) is 3.79. The number of nitrogens with two attached hydrogens (primary N) is 1. The number of H-pyrrole nitrogens is 1. The smallest absolute Gasteiger partial charge is 0.366 e. The lowest BCUT2D eigenvalue weighted by atomic mass is 9.86. The number of carbonyl (C=O) groups excluding carboxylic acids is 1. The predicted molar refractivity (Wildman–Crippen MR) is 84.5 cm³/mol. The van der Waals surface area contributed by atoms with Crippen LogP contribution in [0.1, 0.15) is 28.8 Å². The molecule has 0 bridgehead atoms. The monoisotopic (exact) mass is 333 g/mol. The molecule has 0 spiro atoms. The summed E-state index contributed by atoms with van der Waals surface area (Å²) in [5.41, 5.74) is 6.64. The van der Waals surface area contributed by atoms with Crippen molar-refractivity contribution in [2.45, 2.75) is 19.0 Å². The molecule has 3 rings (SSSR count). The first kappa shape index (κ1) is 16.0. The Morgan fingerprint density at radius 1 is 1.25 bits per heavy atom. The van der Waals surface area contributed by atoms with E-state index in [0.717, 1.165) is 12.3 Å². The summed E-state index contributed by atoms with van der Waals surface area (Å²) < 4.78 is 39.9. The largest absolute Gasteiger partial charge is 0.395 e. The van der Waals surface area contributed by atoms with Gasteiger partial charge in [-0.2, -0.15) is 18.3 Å². The SMILES string of the molecule is CC(c1c(C(N)=O)cccc1-c1ccc2cn[nH]c2c1)C(F)(F)F. The van der Waals surface area contributed by atoms with E-state index in [4.69, 9.17) is 5.73 Å². The molecule has 0 aliphatic rings. The second-order valence-electron chi connectivity index (χ2n) is 5.57. The summed E-state index contributed by atoms with van der Waals surface area (Å²) in [5, 5.41) is 7.52. The van der Waals surface area contributed by atoms with Crippen molar-refractivity contribution in [3.63, 3.8) is 0 Å². The van der Waals surface area contributed by atoms with Crippen molar-refractivity contribution in [2.75, 3.05) is 0 Å². The first-order valence-electron chi connectivity index (χ1n) is 7.22. The fourth-order valence-corrected chi connectivity index (χ4v) is 2.77. The average molecular weight is 333 g/mol. The van der Waals surface area contributed by atoms with Crippen LogP contribution in [0.3, 0.4) is 0 Å². The standard InChI is InChI=1S/C17H14F3N3O/c1-9(17(18,19)20)15-12(3-2-4-13(15)16(21)24)10-5-6-11-8-22-23-14(11)7-10/h2-9H,1H3,(H2,21,24)(H,22,23). The number of hydrogen-bond donors (Lipinski definition) is 2. The fraction of sp³-hybridized carbons (Fsp3) is 0.176. The van der Waals surface area contributed by atoms with Gasteiger partial charge in [0.1, 0.15) is 0 Å². The molecular weight excluding hydrogens is 319 g/mol. The zero-order valence-corrected chi connectivity index (χ0v) is 12.7. The maximum Gasteiger partial charge on any atom is 0.395 e. The zero-order valence-electron chi connectivity index (χ0n) is 12.7. The number of nitrogens with one attached hydrogen (secondary N) is 1. The molecule has 3 aromatic rings. The van der Waals surface area contributed by atoms with E-state index in [0.29, 0.717) is 16.6 Å². The van der Waals surface area contributed by atoms with Gasteiger partial charge in [-0.3, -0.25) is 9.89 Å². The molecule has 0 saturated carbocycles. The molecule has 1 unspecified atom stereocenters. The molecule has 1 atom stereocenters. The van der Waals surface area contributed by atoms with Crippen LogP contribution in [0.4, 0.5) is 13.2 Å². The summed E-state index contributed by atoms with van der Waals surface area (Å²) in [6.07, 6.45) is -2.86. The van der Waals surface area contributed by atoms with Crippen molar-refractivity contribution in [3.05, 3.63) is 53.7 Å². The molecule has 24 heavy (non-hydrogen) atoms. The minimum Gasteiger partial charge on any atom is -0.366 e. The number of benzene rings is 2. The van der Waals surface area contributed by atoms with Gasteiger partial charge in [0.05, 0.1) is 17.6 Å². The number of alkyl halides is 3. The Balaban J connectivity index is 2.26. The van der Waals surface area contributed by atoms with Crippen molar-refractivity contribution in [3.8, 4) is 11.1 Å². The second kappa shape index (κ2) is 5.67. The second-order valence-corrected chi connectivity index (χ2v) is 5.57. The third-order valence-corrected chi connectivity index (χ3v) is 4.05. The summed E-state index contributed by atoms with van der Waals surface area (Å²) in [4.78, 5) is 11.6. The molecule has 0 aliphatic heterocycles. The van der Waals surface area contributed by atoms with E-state index < -0.39 is 18.0 Å². The highest BCUT2D eigenvalue weighted by atomic mass is 19.4. The van der Waals surface area contributed by atoms with Crippen LogP contribution in [-0.4, -0.2) is 22.3 Å². The number of rotatable bonds is 3. The first-order valence-corrected chi connectivity index (χ1v) is 7.22. The van der Waals surface area contributed by atoms with Gasteiger partial charge in [-0.1, -0.05) is 24.3 Å². The summed E-state index contributed by atoms with van der Waals surface area (Å²) in [6, 6.07) is 9.56. The van der Waals surface area contributed by atoms with Crippen LogP contribution in [0.25, 0.3) is 22.0 Å². The molecule has 4 nitrogen and oxygen atoms in total. The number of amides is 1. The highest BCUT2D eigenvalue weighted by Crippen LogP contribution is 2.41. The molecule has 0 fully saturated rings. The lowest BCUT2D eigenvalue weighted by Crippen LogP contribution is -2.23. The fourth-order valence-electron chi connectivity index (χ4n) is 2.77. The molecule has 7 heteroatoms.